The van der Waals surface area contributed by atoms with Crippen molar-refractivity contribution in [3.63, 3.8) is 0 Å². The van der Waals surface area contributed by atoms with Gasteiger partial charge in [0.05, 0.1) is 23.2 Å². The van der Waals surface area contributed by atoms with Crippen LogP contribution in [0.1, 0.15) is 57.1 Å². The summed E-state index contributed by atoms with van der Waals surface area (Å²) in [6.45, 7) is 4.70. The van der Waals surface area contributed by atoms with Gasteiger partial charge in [0.1, 0.15) is 5.69 Å². The Labute approximate surface area is 244 Å². The van der Waals surface area contributed by atoms with E-state index in [4.69, 9.17) is 5.73 Å². The molecule has 2 aromatic carbocycles. The highest BCUT2D eigenvalue weighted by Gasteiger charge is 2.42. The van der Waals surface area contributed by atoms with E-state index in [0.717, 1.165) is 0 Å². The second-order valence-corrected chi connectivity index (χ2v) is 11.6. The van der Waals surface area contributed by atoms with Crippen LogP contribution in [0.15, 0.2) is 42.5 Å². The first-order chi connectivity index (χ1) is 18.4. The normalized spacial score (nSPS) is 12.5. The molecular weight excluding hydrogens is 673 g/mol. The average molecular weight is 698 g/mol. The predicted molar refractivity (Wildman–Crippen MR) is 149 cm³/mol. The van der Waals surface area contributed by atoms with E-state index >= 15 is 0 Å². The number of amides is 2. The van der Waals surface area contributed by atoms with E-state index < -0.39 is 47.6 Å². The standard InChI is InChI=1S/C26H25F6IN4O2S/c1-14-10-15(12-36-20(26(30,31)32)11-19(35-36)25(27,28)29)8-9-18(14)37(24(2,3)13-40-4)23(39)21-16(22(34)38)6-5-7-17(21)33/h5-11H,12-13H2,1-4H3,(H2,34,38). The summed E-state index contributed by atoms with van der Waals surface area (Å²) < 4.78 is 80.5. The van der Waals surface area contributed by atoms with Crippen molar-refractivity contribution in [1.82, 2.24) is 9.78 Å². The zero-order chi connectivity index (χ0) is 30.2. The molecule has 0 unspecified atom stereocenters. The minimum absolute atomic E-state index is 0.0235. The van der Waals surface area contributed by atoms with Crippen LogP contribution in [-0.2, 0) is 18.9 Å². The first kappa shape index (κ1) is 31.8. The number of hydrogen-bond acceptors (Lipinski definition) is 4. The van der Waals surface area contributed by atoms with Crippen LogP contribution < -0.4 is 10.6 Å². The van der Waals surface area contributed by atoms with E-state index in [1.54, 1.807) is 19.1 Å². The van der Waals surface area contributed by atoms with Gasteiger partial charge in [0.15, 0.2) is 5.69 Å². The molecule has 216 valence electrons. The summed E-state index contributed by atoms with van der Waals surface area (Å²) in [5.41, 5.74) is 2.84. The maximum absolute atomic E-state index is 14.1. The number of aryl methyl sites for hydroxylation is 1. The molecule has 0 atom stereocenters. The van der Waals surface area contributed by atoms with E-state index in [0.29, 0.717) is 20.6 Å². The highest BCUT2D eigenvalue weighted by Crippen LogP contribution is 2.37. The Morgan fingerprint density at radius 2 is 1.70 bits per heavy atom. The maximum atomic E-state index is 14.1. The molecule has 0 aliphatic carbocycles. The molecule has 0 bridgehead atoms. The summed E-state index contributed by atoms with van der Waals surface area (Å²) in [5, 5.41) is 3.16. The monoisotopic (exact) mass is 698 g/mol. The molecule has 0 saturated carbocycles. The SMILES string of the molecule is CSCC(C)(C)N(C(=O)c1c(I)cccc1C(N)=O)c1ccc(Cn2nc(C(F)(F)F)cc2C(F)(F)F)cc1C. The predicted octanol–water partition coefficient (Wildman–Crippen LogP) is 6.77. The van der Waals surface area contributed by atoms with Crippen molar-refractivity contribution in [2.75, 3.05) is 16.9 Å². The van der Waals surface area contributed by atoms with Crippen LogP contribution in [0.5, 0.6) is 0 Å². The molecule has 14 heteroatoms. The van der Waals surface area contributed by atoms with Crippen molar-refractivity contribution in [3.05, 3.63) is 79.7 Å². The number of rotatable bonds is 8. The van der Waals surface area contributed by atoms with Crippen LogP contribution >= 0.6 is 34.4 Å². The number of carbonyl (C=O) groups is 2. The van der Waals surface area contributed by atoms with Gasteiger partial charge in [-0.25, -0.2) is 0 Å². The van der Waals surface area contributed by atoms with E-state index in [1.165, 1.54) is 40.9 Å². The lowest BCUT2D eigenvalue weighted by Gasteiger charge is -2.40. The van der Waals surface area contributed by atoms with Crippen molar-refractivity contribution in [2.24, 2.45) is 5.73 Å². The first-order valence-corrected chi connectivity index (χ1v) is 14.1. The molecule has 0 radical (unpaired) electrons. The first-order valence-electron chi connectivity index (χ1n) is 11.6. The fourth-order valence-electron chi connectivity index (χ4n) is 4.33. The van der Waals surface area contributed by atoms with Crippen molar-refractivity contribution in [2.45, 2.75) is 45.2 Å². The smallest absolute Gasteiger partial charge is 0.366 e. The Hall–Kier alpha value is -2.75. The number of aromatic nitrogens is 2. The van der Waals surface area contributed by atoms with Gasteiger partial charge in [-0.3, -0.25) is 14.3 Å². The number of thioether (sulfide) groups is 1. The molecular formula is C26H25F6IN4O2S. The van der Waals surface area contributed by atoms with Crippen LogP contribution in [0.2, 0.25) is 0 Å². The minimum atomic E-state index is -5.05. The Morgan fingerprint density at radius 3 is 2.23 bits per heavy atom. The average Bonchev–Trinajstić information content (AvgIpc) is 3.25. The van der Waals surface area contributed by atoms with Crippen molar-refractivity contribution >= 4 is 51.9 Å². The van der Waals surface area contributed by atoms with Gasteiger partial charge in [-0.2, -0.15) is 43.2 Å². The number of anilines is 1. The molecule has 1 heterocycles. The van der Waals surface area contributed by atoms with Gasteiger partial charge in [0, 0.05) is 21.1 Å². The third-order valence-corrected chi connectivity index (χ3v) is 7.89. The molecule has 2 amide bonds. The summed E-state index contributed by atoms with van der Waals surface area (Å²) in [6, 6.07) is 9.13. The van der Waals surface area contributed by atoms with Gasteiger partial charge in [-0.1, -0.05) is 18.2 Å². The van der Waals surface area contributed by atoms with E-state index in [-0.39, 0.29) is 27.4 Å². The molecule has 40 heavy (non-hydrogen) atoms. The fraction of sp³-hybridized carbons (Fsp3) is 0.346. The molecule has 0 fully saturated rings. The summed E-state index contributed by atoms with van der Waals surface area (Å²) in [7, 11) is 0. The molecule has 0 spiro atoms. The summed E-state index contributed by atoms with van der Waals surface area (Å²) >= 11 is 3.42. The molecule has 3 rings (SSSR count). The molecule has 3 aromatic rings. The Bertz CT molecular complexity index is 1440. The molecule has 0 aliphatic rings. The lowest BCUT2D eigenvalue weighted by Crippen LogP contribution is -2.51. The second-order valence-electron chi connectivity index (χ2n) is 9.60. The van der Waals surface area contributed by atoms with Crippen LogP contribution in [0.4, 0.5) is 32.0 Å². The number of nitrogens with two attached hydrogens (primary N) is 1. The minimum Gasteiger partial charge on any atom is -0.366 e. The number of benzene rings is 2. The van der Waals surface area contributed by atoms with Gasteiger partial charge < -0.3 is 10.6 Å². The molecule has 0 aliphatic heterocycles. The quantitative estimate of drug-likeness (QED) is 0.208. The lowest BCUT2D eigenvalue weighted by molar-refractivity contribution is -0.144. The largest absolute Gasteiger partial charge is 0.435 e. The van der Waals surface area contributed by atoms with Gasteiger partial charge in [0.25, 0.3) is 5.91 Å². The lowest BCUT2D eigenvalue weighted by atomic mass is 9.97. The van der Waals surface area contributed by atoms with Crippen LogP contribution in [-0.4, -0.2) is 39.1 Å². The van der Waals surface area contributed by atoms with Crippen LogP contribution in [0, 0.1) is 10.5 Å². The number of primary amides is 1. The van der Waals surface area contributed by atoms with Gasteiger partial charge in [-0.05, 0) is 78.9 Å². The van der Waals surface area contributed by atoms with Gasteiger partial charge in [-0.15, -0.1) is 0 Å². The molecule has 0 saturated heterocycles. The molecule has 6 nitrogen and oxygen atoms in total. The van der Waals surface area contributed by atoms with Crippen LogP contribution in [0.25, 0.3) is 0 Å². The Balaban J connectivity index is 2.11. The van der Waals surface area contributed by atoms with Crippen molar-refractivity contribution in [1.29, 1.82) is 0 Å². The third kappa shape index (κ3) is 6.75. The van der Waals surface area contributed by atoms with E-state index in [2.05, 4.69) is 5.10 Å². The van der Waals surface area contributed by atoms with Gasteiger partial charge in [0.2, 0.25) is 5.91 Å². The number of alkyl halides is 6. The number of nitrogens with zero attached hydrogens (tertiary/aromatic N) is 3. The Kier molecular flexibility index (Phi) is 9.23. The molecule has 2 N–H and O–H groups in total. The summed E-state index contributed by atoms with van der Waals surface area (Å²) in [4.78, 5) is 27.7. The van der Waals surface area contributed by atoms with Crippen molar-refractivity contribution in [3.8, 4) is 0 Å². The van der Waals surface area contributed by atoms with Gasteiger partial charge >= 0.3 is 12.4 Å². The fourth-order valence-corrected chi connectivity index (χ4v) is 5.89. The zero-order valence-electron chi connectivity index (χ0n) is 21.7. The molecule has 1 aromatic heterocycles. The van der Waals surface area contributed by atoms with Crippen molar-refractivity contribution < 1.29 is 35.9 Å². The number of halogens is 7. The second kappa shape index (κ2) is 11.6. The van der Waals surface area contributed by atoms with Crippen LogP contribution in [0.3, 0.4) is 0 Å². The number of carbonyl (C=O) groups excluding carboxylic acids is 2. The third-order valence-electron chi connectivity index (χ3n) is 5.99. The topological polar surface area (TPSA) is 81.2 Å². The zero-order valence-corrected chi connectivity index (χ0v) is 24.7. The highest BCUT2D eigenvalue weighted by molar-refractivity contribution is 14.1. The number of hydrogen-bond donors (Lipinski definition) is 1. The maximum Gasteiger partial charge on any atom is 0.435 e. The summed E-state index contributed by atoms with van der Waals surface area (Å²) in [5.74, 6) is -0.804. The van der Waals surface area contributed by atoms with E-state index in [1.807, 2.05) is 42.7 Å². The van der Waals surface area contributed by atoms with E-state index in [9.17, 15) is 35.9 Å². The Morgan fingerprint density at radius 1 is 1.05 bits per heavy atom. The summed E-state index contributed by atoms with van der Waals surface area (Å²) in [6.07, 6.45) is -8.24. The highest BCUT2D eigenvalue weighted by atomic mass is 127.